The van der Waals surface area contributed by atoms with Crippen molar-refractivity contribution in [3.63, 3.8) is 0 Å². The molecule has 3 saturated heterocycles. The van der Waals surface area contributed by atoms with Crippen LogP contribution in [-0.2, 0) is 39.6 Å². The summed E-state index contributed by atoms with van der Waals surface area (Å²) in [5.41, 5.74) is 20.2. The number of nitrogens with zero attached hydrogens (tertiary/aromatic N) is 12. The summed E-state index contributed by atoms with van der Waals surface area (Å²) in [6, 6.07) is 30.6. The van der Waals surface area contributed by atoms with E-state index in [1.807, 2.05) is 110 Å². The normalized spacial score (nSPS) is 16.5. The number of likely N-dealkylation sites (N-methyl/N-ethyl adjacent to an activating group) is 1. The molecule has 0 unspecified atom stereocenters. The largest absolute Gasteiger partial charge is 0.369 e. The minimum absolute atomic E-state index is 0.0415. The number of aromatic amines is 1. The van der Waals surface area contributed by atoms with Crippen LogP contribution in [0.2, 0.25) is 0 Å². The Morgan fingerprint density at radius 3 is 1.59 bits per heavy atom. The summed E-state index contributed by atoms with van der Waals surface area (Å²) >= 11 is 0. The first-order valence-corrected chi connectivity index (χ1v) is 34.8. The van der Waals surface area contributed by atoms with Gasteiger partial charge in [0.05, 0.1) is 81.3 Å². The van der Waals surface area contributed by atoms with Crippen molar-refractivity contribution in [3.05, 3.63) is 185 Å². The maximum atomic E-state index is 12.8. The van der Waals surface area contributed by atoms with Crippen molar-refractivity contribution in [1.29, 1.82) is 0 Å². The lowest BCUT2D eigenvalue weighted by Gasteiger charge is -2.33. The Bertz CT molecular complexity index is 4880. The van der Waals surface area contributed by atoms with E-state index in [0.717, 1.165) is 233 Å². The van der Waals surface area contributed by atoms with Gasteiger partial charge in [0, 0.05) is 153 Å². The third-order valence-electron chi connectivity index (χ3n) is 20.3. The summed E-state index contributed by atoms with van der Waals surface area (Å²) in [6.45, 7) is 16.7. The number of aryl methyl sites for hydroxylation is 3. The van der Waals surface area contributed by atoms with E-state index in [0.29, 0.717) is 36.3 Å². The highest BCUT2D eigenvalue weighted by Gasteiger charge is 2.32. The number of H-pyrrole nitrogens is 1. The molecule has 9 N–H and O–H groups in total. The van der Waals surface area contributed by atoms with Gasteiger partial charge in [0.1, 0.15) is 34.6 Å². The van der Waals surface area contributed by atoms with E-state index in [4.69, 9.17) is 0 Å². The highest BCUT2D eigenvalue weighted by molar-refractivity contribution is 6.09. The van der Waals surface area contributed by atoms with Gasteiger partial charge < -0.3 is 76.3 Å². The number of fused-ring (bicyclic) bond motifs is 6. The van der Waals surface area contributed by atoms with E-state index in [-0.39, 0.29) is 17.7 Å². The molecule has 0 saturated carbocycles. The second-order valence-corrected chi connectivity index (χ2v) is 26.5. The lowest BCUT2D eigenvalue weighted by Crippen LogP contribution is -2.44. The van der Waals surface area contributed by atoms with Crippen LogP contribution in [0.3, 0.4) is 0 Å². The first-order chi connectivity index (χ1) is 49.0. The number of pyridine rings is 5. The van der Waals surface area contributed by atoms with Crippen LogP contribution in [0.4, 0.5) is 51.6 Å². The highest BCUT2D eigenvalue weighted by Crippen LogP contribution is 2.42. The number of hydrogen-bond donors (Lipinski definition) is 9. The maximum absolute atomic E-state index is 12.8. The zero-order chi connectivity index (χ0) is 67.8. The topological polar surface area (TPSA) is 263 Å². The monoisotopic (exact) mass is 1340 g/mol. The third kappa shape index (κ3) is 12.5. The van der Waals surface area contributed by atoms with Crippen LogP contribution in [0.5, 0.6) is 0 Å². The van der Waals surface area contributed by atoms with Gasteiger partial charge in [-0.1, -0.05) is 18.2 Å². The number of aromatic nitrogens is 9. The second kappa shape index (κ2) is 27.6. The number of rotatable bonds is 12. The number of amides is 3. The van der Waals surface area contributed by atoms with E-state index in [1.54, 1.807) is 0 Å². The molecule has 0 bridgehead atoms. The Balaban J connectivity index is 0.000000117. The lowest BCUT2D eigenvalue weighted by molar-refractivity contribution is 0.0958. The van der Waals surface area contributed by atoms with E-state index < -0.39 is 0 Å². The molecule has 24 nitrogen and oxygen atoms in total. The number of piperazine rings is 2. The first kappa shape index (κ1) is 63.5. The van der Waals surface area contributed by atoms with Gasteiger partial charge in [0.25, 0.3) is 17.7 Å². The number of anilines is 9. The predicted octanol–water partition coefficient (Wildman–Crippen LogP) is 9.77. The van der Waals surface area contributed by atoms with Gasteiger partial charge >= 0.3 is 0 Å². The zero-order valence-corrected chi connectivity index (χ0v) is 56.5. The molecule has 7 aliphatic heterocycles. The fourth-order valence-corrected chi connectivity index (χ4v) is 15.0. The molecule has 8 aromatic heterocycles. The van der Waals surface area contributed by atoms with Gasteiger partial charge in [-0.25, -0.2) is 29.9 Å². The Kier molecular flexibility index (Phi) is 17.5. The van der Waals surface area contributed by atoms with Crippen molar-refractivity contribution in [3.8, 4) is 33.5 Å². The third-order valence-corrected chi connectivity index (χ3v) is 20.3. The maximum Gasteiger partial charge on any atom is 0.254 e. The summed E-state index contributed by atoms with van der Waals surface area (Å²) in [4.78, 5) is 78.5. The molecule has 3 fully saturated rings. The van der Waals surface area contributed by atoms with Gasteiger partial charge in [-0.05, 0) is 157 Å². The lowest BCUT2D eigenvalue weighted by atomic mass is 9.92. The van der Waals surface area contributed by atoms with Crippen LogP contribution in [0.15, 0.2) is 141 Å². The van der Waals surface area contributed by atoms with Crippen LogP contribution in [0.25, 0.3) is 55.6 Å². The molecule has 11 aromatic rings. The molecule has 15 heterocycles. The van der Waals surface area contributed by atoms with Crippen molar-refractivity contribution < 1.29 is 14.4 Å². The molecule has 24 heteroatoms. The van der Waals surface area contributed by atoms with Crippen molar-refractivity contribution in [2.75, 3.05) is 116 Å². The SMILES string of the molecule is Cc1cnc2[nH]ccc2c1-c1ccc(Nc2ccc(N3CCN(C)CC3)cn2)c2c1CNC2=O.Cn1ccc2c(-c3ccc(Nc4ccc(N5CCCNCC5)cn4)c4c3CNC4=O)ccnc21.O=C1NCc2c(-c3cnc4n3CCCC4)ccc(Nc3ccc(N4CCNCC4)cn3)c21. The van der Waals surface area contributed by atoms with Crippen molar-refractivity contribution in [2.24, 2.45) is 7.05 Å². The summed E-state index contributed by atoms with van der Waals surface area (Å²) in [5.74, 6) is 3.16. The van der Waals surface area contributed by atoms with E-state index in [9.17, 15) is 14.4 Å². The number of carbonyl (C=O) groups excluding carboxylic acids is 3. The average molecular weight is 1340 g/mol. The molecule has 0 aliphatic carbocycles. The standard InChI is InChI=1S/2C26H27N7O.C24H27N7O/c1-32-13-8-20-19(7-10-28-25(20)32)18-4-5-22(24-21(18)16-30-26(24)34)31-23-6-3-17(15-29-23)33-12-2-9-27-11-14-33;1-16-13-29-25-19(7-8-27-25)23(16)18-4-5-21(24-20(18)15-30-26(24)34)31-22-6-3-17(14-28-22)33-11-9-32(2)10-12-33;32-24-23-18(14-28-24)17(20-15-27-22-3-1-2-10-31(20)22)5-6-19(23)29-21-7-4-16(13-26-21)30-11-8-25-9-12-30/h3-8,10,13,15,27H,2,9,11-12,14,16H2,1H3,(H,29,31)(H,30,34);3-8,13-14H,9-12,15H2,1-2H3,(H,27,29)(H,28,31)(H,30,34);4-7,13,15,25H,1-3,8-12,14H2,(H,26,29)(H,28,32). The van der Waals surface area contributed by atoms with Crippen molar-refractivity contribution in [1.82, 2.24) is 75.5 Å². The zero-order valence-electron chi connectivity index (χ0n) is 56.5. The number of carbonyl (C=O) groups is 3. The molecular formula is C76H81N21O3. The van der Waals surface area contributed by atoms with Crippen molar-refractivity contribution >= 4 is 91.4 Å². The fraction of sp³-hybridized carbons (Fsp3) is 0.303. The summed E-state index contributed by atoms with van der Waals surface area (Å²) in [6.07, 6.45) is 19.8. The Labute approximate surface area is 579 Å². The Hall–Kier alpha value is -11.2. The smallest absolute Gasteiger partial charge is 0.254 e. The van der Waals surface area contributed by atoms with Crippen molar-refractivity contribution in [2.45, 2.75) is 58.8 Å². The fourth-order valence-electron chi connectivity index (χ4n) is 15.0. The number of imidazole rings is 1. The molecule has 0 spiro atoms. The van der Waals surface area contributed by atoms with Crippen LogP contribution >= 0.6 is 0 Å². The Morgan fingerprint density at radius 1 is 0.440 bits per heavy atom. The highest BCUT2D eigenvalue weighted by atomic mass is 16.2. The molecule has 18 rings (SSSR count). The summed E-state index contributed by atoms with van der Waals surface area (Å²) in [7, 11) is 4.14. The first-order valence-electron chi connectivity index (χ1n) is 34.8. The summed E-state index contributed by atoms with van der Waals surface area (Å²) in [5, 5.41) is 28.1. The minimum Gasteiger partial charge on any atom is -0.369 e. The number of benzene rings is 3. The van der Waals surface area contributed by atoms with Gasteiger partial charge in [-0.15, -0.1) is 0 Å². The quantitative estimate of drug-likeness (QED) is 0.0551. The van der Waals surface area contributed by atoms with Crippen LogP contribution in [0, 0.1) is 6.92 Å². The van der Waals surface area contributed by atoms with Gasteiger partial charge in [0.2, 0.25) is 0 Å². The molecule has 0 radical (unpaired) electrons. The molecule has 0 atom stereocenters. The van der Waals surface area contributed by atoms with Crippen LogP contribution in [0.1, 0.15) is 78.4 Å². The minimum atomic E-state index is -0.0644. The van der Waals surface area contributed by atoms with Gasteiger partial charge in [-0.2, -0.15) is 0 Å². The average Bonchev–Trinajstić information content (AvgIpc) is 1.59. The van der Waals surface area contributed by atoms with Crippen LogP contribution < -0.4 is 57.2 Å². The van der Waals surface area contributed by atoms with E-state index >= 15 is 0 Å². The second-order valence-electron chi connectivity index (χ2n) is 26.5. The summed E-state index contributed by atoms with van der Waals surface area (Å²) < 4.78 is 4.32. The molecule has 100 heavy (non-hydrogen) atoms. The molecule has 508 valence electrons. The molecule has 3 amide bonds. The van der Waals surface area contributed by atoms with Crippen LogP contribution in [-0.4, -0.2) is 152 Å². The Morgan fingerprint density at radius 2 is 0.990 bits per heavy atom. The molecule has 3 aromatic carbocycles. The van der Waals surface area contributed by atoms with E-state index in [2.05, 4.69) is 158 Å². The van der Waals surface area contributed by atoms with Gasteiger partial charge in [-0.3, -0.25) is 14.4 Å². The molecular weight excluding hydrogens is 1250 g/mol. The predicted molar refractivity (Wildman–Crippen MR) is 394 cm³/mol. The van der Waals surface area contributed by atoms with E-state index in [1.165, 1.54) is 12.8 Å². The molecule has 7 aliphatic rings. The number of hydrogen-bond acceptors (Lipinski definition) is 18. The number of nitrogens with one attached hydrogen (secondary N) is 9. The van der Waals surface area contributed by atoms with Gasteiger partial charge in [0.15, 0.2) is 0 Å².